The number of hydrogen-bond donors (Lipinski definition) is 1. The van der Waals surface area contributed by atoms with Gasteiger partial charge in [0.2, 0.25) is 0 Å². The molecule has 1 aromatic rings. The molecule has 1 aliphatic rings. The highest BCUT2D eigenvalue weighted by Gasteiger charge is 2.23. The second kappa shape index (κ2) is 7.38. The molecule has 0 bridgehead atoms. The first-order valence-electron chi connectivity index (χ1n) is 7.47. The Kier molecular flexibility index (Phi) is 5.81. The monoisotopic (exact) mass is 340 g/mol. The number of piperazine rings is 1. The zero-order valence-electron chi connectivity index (χ0n) is 12.5. The van der Waals surface area contributed by atoms with Gasteiger partial charge in [-0.15, -0.1) is 0 Å². The average Bonchev–Trinajstić information content (AvgIpc) is 2.45. The van der Waals surface area contributed by atoms with E-state index >= 15 is 0 Å². The van der Waals surface area contributed by atoms with Crippen molar-refractivity contribution in [2.45, 2.75) is 32.7 Å². The van der Waals surface area contributed by atoms with Crippen LogP contribution in [0, 0.1) is 6.92 Å². The van der Waals surface area contributed by atoms with Crippen LogP contribution in [0.1, 0.15) is 25.3 Å². The lowest BCUT2D eigenvalue weighted by atomic mass is 10.1. The molecule has 1 aliphatic heterocycles. The highest BCUT2D eigenvalue weighted by atomic mass is 79.9. The van der Waals surface area contributed by atoms with Gasteiger partial charge in [0.1, 0.15) is 5.82 Å². The van der Waals surface area contributed by atoms with Crippen LogP contribution in [-0.2, 0) is 0 Å². The number of aryl methyl sites for hydroxylation is 1. The minimum Gasteiger partial charge on any atom is -0.353 e. The molecule has 20 heavy (non-hydrogen) atoms. The van der Waals surface area contributed by atoms with Gasteiger partial charge >= 0.3 is 0 Å². The van der Waals surface area contributed by atoms with Crippen LogP contribution in [-0.4, -0.2) is 48.6 Å². The predicted octanol–water partition coefficient (Wildman–Crippen LogP) is 2.40. The molecule has 0 aliphatic carbocycles. The molecule has 0 radical (unpaired) electrons. The standard InChI is InChI=1S/C15H25BrN4/c1-3-13(4-5-17)19-6-8-20(9-7-19)15-14(16)10-12(2)11-18-15/h10-11,13H,3-9,17H2,1-2H3. The van der Waals surface area contributed by atoms with Crippen molar-refractivity contribution in [2.75, 3.05) is 37.6 Å². The molecule has 1 unspecified atom stereocenters. The number of hydrogen-bond acceptors (Lipinski definition) is 4. The van der Waals surface area contributed by atoms with Crippen LogP contribution in [0.3, 0.4) is 0 Å². The van der Waals surface area contributed by atoms with Gasteiger partial charge in [0.15, 0.2) is 0 Å². The third-order valence-electron chi connectivity index (χ3n) is 4.06. The molecule has 0 saturated carbocycles. The van der Waals surface area contributed by atoms with E-state index in [1.165, 1.54) is 12.0 Å². The van der Waals surface area contributed by atoms with E-state index in [1.54, 1.807) is 0 Å². The summed E-state index contributed by atoms with van der Waals surface area (Å²) in [5.74, 6) is 1.07. The predicted molar refractivity (Wildman–Crippen MR) is 88.2 cm³/mol. The maximum absolute atomic E-state index is 5.71. The minimum absolute atomic E-state index is 0.636. The van der Waals surface area contributed by atoms with Gasteiger partial charge in [-0.3, -0.25) is 4.90 Å². The van der Waals surface area contributed by atoms with Gasteiger partial charge in [0, 0.05) is 38.4 Å². The molecule has 112 valence electrons. The second-order valence-electron chi connectivity index (χ2n) is 5.48. The lowest BCUT2D eigenvalue weighted by molar-refractivity contribution is 0.173. The molecule has 1 aromatic heterocycles. The van der Waals surface area contributed by atoms with Crippen LogP contribution < -0.4 is 10.6 Å². The van der Waals surface area contributed by atoms with E-state index in [2.05, 4.69) is 50.6 Å². The fourth-order valence-corrected chi connectivity index (χ4v) is 3.61. The molecule has 5 heteroatoms. The molecule has 2 rings (SSSR count). The summed E-state index contributed by atoms with van der Waals surface area (Å²) in [6.45, 7) is 9.37. The van der Waals surface area contributed by atoms with Crippen molar-refractivity contribution in [3.05, 3.63) is 22.3 Å². The topological polar surface area (TPSA) is 45.4 Å². The van der Waals surface area contributed by atoms with Gasteiger partial charge in [0.25, 0.3) is 0 Å². The van der Waals surface area contributed by atoms with Crippen LogP contribution in [0.4, 0.5) is 5.82 Å². The minimum atomic E-state index is 0.636. The van der Waals surface area contributed by atoms with Crippen LogP contribution in [0.2, 0.25) is 0 Å². The zero-order chi connectivity index (χ0) is 14.5. The van der Waals surface area contributed by atoms with Gasteiger partial charge in [-0.2, -0.15) is 0 Å². The van der Waals surface area contributed by atoms with E-state index in [0.717, 1.165) is 49.4 Å². The van der Waals surface area contributed by atoms with Crippen molar-refractivity contribution in [2.24, 2.45) is 5.73 Å². The van der Waals surface area contributed by atoms with E-state index in [9.17, 15) is 0 Å². The molecule has 1 fully saturated rings. The Labute approximate surface area is 130 Å². The number of halogens is 1. The highest BCUT2D eigenvalue weighted by Crippen LogP contribution is 2.26. The largest absolute Gasteiger partial charge is 0.353 e. The summed E-state index contributed by atoms with van der Waals surface area (Å²) in [5, 5.41) is 0. The number of rotatable bonds is 5. The third kappa shape index (κ3) is 3.71. The Morgan fingerprint density at radius 1 is 1.35 bits per heavy atom. The Morgan fingerprint density at radius 3 is 2.60 bits per heavy atom. The van der Waals surface area contributed by atoms with Gasteiger partial charge in [0.05, 0.1) is 4.47 Å². The van der Waals surface area contributed by atoms with E-state index in [1.807, 2.05) is 6.20 Å². The maximum atomic E-state index is 5.71. The maximum Gasteiger partial charge on any atom is 0.142 e. The average molecular weight is 341 g/mol. The SMILES string of the molecule is CCC(CCN)N1CCN(c2ncc(C)cc2Br)CC1. The lowest BCUT2D eigenvalue weighted by Gasteiger charge is -2.39. The third-order valence-corrected chi connectivity index (χ3v) is 4.64. The fraction of sp³-hybridized carbons (Fsp3) is 0.667. The molecule has 0 spiro atoms. The summed E-state index contributed by atoms with van der Waals surface area (Å²) in [6.07, 6.45) is 4.22. The Bertz CT molecular complexity index is 430. The molecule has 0 amide bonds. The first-order chi connectivity index (χ1) is 9.65. The van der Waals surface area contributed by atoms with Crippen molar-refractivity contribution in [1.82, 2.24) is 9.88 Å². The Morgan fingerprint density at radius 2 is 2.05 bits per heavy atom. The summed E-state index contributed by atoms with van der Waals surface area (Å²) in [5.41, 5.74) is 6.90. The molecule has 4 nitrogen and oxygen atoms in total. The zero-order valence-corrected chi connectivity index (χ0v) is 14.1. The summed E-state index contributed by atoms with van der Waals surface area (Å²) >= 11 is 3.63. The van der Waals surface area contributed by atoms with Crippen molar-refractivity contribution in [1.29, 1.82) is 0 Å². The summed E-state index contributed by atoms with van der Waals surface area (Å²) in [4.78, 5) is 9.51. The molecule has 1 saturated heterocycles. The Hall–Kier alpha value is -0.650. The van der Waals surface area contributed by atoms with Crippen molar-refractivity contribution < 1.29 is 0 Å². The molecule has 1 atom stereocenters. The highest BCUT2D eigenvalue weighted by molar-refractivity contribution is 9.10. The van der Waals surface area contributed by atoms with Gasteiger partial charge in [-0.25, -0.2) is 4.98 Å². The summed E-state index contributed by atoms with van der Waals surface area (Å²) in [7, 11) is 0. The molecular formula is C15H25BrN4. The van der Waals surface area contributed by atoms with Gasteiger partial charge < -0.3 is 10.6 Å². The number of aromatic nitrogens is 1. The van der Waals surface area contributed by atoms with Gasteiger partial charge in [-0.1, -0.05) is 6.92 Å². The molecular weight excluding hydrogens is 316 g/mol. The van der Waals surface area contributed by atoms with Crippen LogP contribution >= 0.6 is 15.9 Å². The van der Waals surface area contributed by atoms with E-state index in [4.69, 9.17) is 5.73 Å². The summed E-state index contributed by atoms with van der Waals surface area (Å²) < 4.78 is 1.10. The van der Waals surface area contributed by atoms with E-state index < -0.39 is 0 Å². The number of nitrogens with two attached hydrogens (primary N) is 1. The van der Waals surface area contributed by atoms with Crippen LogP contribution in [0.15, 0.2) is 16.7 Å². The molecule has 0 aromatic carbocycles. The summed E-state index contributed by atoms with van der Waals surface area (Å²) in [6, 6.07) is 2.77. The normalized spacial score (nSPS) is 18.3. The number of pyridine rings is 1. The van der Waals surface area contributed by atoms with E-state index in [0.29, 0.717) is 6.04 Å². The number of anilines is 1. The second-order valence-corrected chi connectivity index (χ2v) is 6.33. The van der Waals surface area contributed by atoms with E-state index in [-0.39, 0.29) is 0 Å². The fourth-order valence-electron chi connectivity index (χ4n) is 2.90. The van der Waals surface area contributed by atoms with Crippen molar-refractivity contribution >= 4 is 21.7 Å². The molecule has 2 N–H and O–H groups in total. The first-order valence-corrected chi connectivity index (χ1v) is 8.26. The number of nitrogens with zero attached hydrogens (tertiary/aromatic N) is 3. The Balaban J connectivity index is 1.97. The quantitative estimate of drug-likeness (QED) is 0.893. The van der Waals surface area contributed by atoms with Crippen molar-refractivity contribution in [3.63, 3.8) is 0 Å². The van der Waals surface area contributed by atoms with Crippen LogP contribution in [0.25, 0.3) is 0 Å². The van der Waals surface area contributed by atoms with Crippen molar-refractivity contribution in [3.8, 4) is 0 Å². The first kappa shape index (κ1) is 15.7. The smallest absolute Gasteiger partial charge is 0.142 e. The van der Waals surface area contributed by atoms with Crippen LogP contribution in [0.5, 0.6) is 0 Å². The van der Waals surface area contributed by atoms with Gasteiger partial charge in [-0.05, 0) is 53.9 Å². The lowest BCUT2D eigenvalue weighted by Crippen LogP contribution is -2.51. The molecule has 2 heterocycles.